The molecule has 29 heavy (non-hydrogen) atoms. The molecule has 0 aliphatic carbocycles. The van der Waals surface area contributed by atoms with Crippen LogP contribution in [0.25, 0.3) is 0 Å². The van der Waals surface area contributed by atoms with E-state index in [1.54, 1.807) is 7.11 Å². The van der Waals surface area contributed by atoms with Crippen LogP contribution in [-0.2, 0) is 11.2 Å². The number of nitrogens with one attached hydrogen (secondary N) is 1. The topological polar surface area (TPSA) is 66.0 Å². The smallest absolute Gasteiger partial charge is 0.220 e. The van der Waals surface area contributed by atoms with Crippen LogP contribution in [0, 0.1) is 0 Å². The van der Waals surface area contributed by atoms with Gasteiger partial charge < -0.3 is 24.3 Å². The van der Waals surface area contributed by atoms with Crippen molar-refractivity contribution in [3.63, 3.8) is 0 Å². The van der Waals surface area contributed by atoms with E-state index < -0.39 is 0 Å². The predicted molar refractivity (Wildman–Crippen MR) is 113 cm³/mol. The molecule has 2 rings (SSSR count). The van der Waals surface area contributed by atoms with Crippen molar-refractivity contribution < 1.29 is 23.7 Å². The van der Waals surface area contributed by atoms with Gasteiger partial charge in [0, 0.05) is 6.42 Å². The summed E-state index contributed by atoms with van der Waals surface area (Å²) in [5.41, 5.74) is 1.04. The van der Waals surface area contributed by atoms with Crippen molar-refractivity contribution in [3.8, 4) is 23.0 Å². The molecule has 0 aliphatic rings. The van der Waals surface area contributed by atoms with Crippen molar-refractivity contribution in [3.05, 3.63) is 48.0 Å². The Labute approximate surface area is 173 Å². The zero-order valence-electron chi connectivity index (χ0n) is 17.7. The zero-order chi connectivity index (χ0) is 21.1. The maximum Gasteiger partial charge on any atom is 0.220 e. The Kier molecular flexibility index (Phi) is 9.15. The molecule has 6 heteroatoms. The Morgan fingerprint density at radius 1 is 0.931 bits per heavy atom. The van der Waals surface area contributed by atoms with Gasteiger partial charge in [-0.05, 0) is 69.2 Å². The van der Waals surface area contributed by atoms with Gasteiger partial charge in [-0.25, -0.2) is 0 Å². The van der Waals surface area contributed by atoms with Crippen LogP contribution in [0.5, 0.6) is 23.0 Å². The lowest BCUT2D eigenvalue weighted by atomic mass is 10.1. The number of ether oxygens (including phenoxy) is 4. The van der Waals surface area contributed by atoms with Crippen molar-refractivity contribution in [2.45, 2.75) is 39.7 Å². The summed E-state index contributed by atoms with van der Waals surface area (Å²) in [6.45, 7) is 7.34. The molecule has 0 bridgehead atoms. The third kappa shape index (κ3) is 7.56. The van der Waals surface area contributed by atoms with Crippen LogP contribution in [-0.4, -0.2) is 38.9 Å². The standard InChI is InChI=1S/C23H31NO5/c1-5-27-21-13-7-18(15-22(21)28-6-2)8-14-23(25)24-17(3)16-29-20-11-9-19(26-4)10-12-20/h7,9-13,15,17H,5-6,8,14,16H2,1-4H3,(H,24,25)/t17-/m1/s1. The molecule has 1 atom stereocenters. The number of carbonyl (C=O) groups is 1. The fraction of sp³-hybridized carbons (Fsp3) is 0.435. The van der Waals surface area contributed by atoms with Crippen LogP contribution in [0.3, 0.4) is 0 Å². The third-order valence-corrected chi connectivity index (χ3v) is 4.22. The Morgan fingerprint density at radius 3 is 2.24 bits per heavy atom. The number of carbonyl (C=O) groups excluding carboxylic acids is 1. The molecule has 0 radical (unpaired) electrons. The van der Waals surface area contributed by atoms with E-state index in [-0.39, 0.29) is 11.9 Å². The number of methoxy groups -OCH3 is 1. The Balaban J connectivity index is 1.78. The lowest BCUT2D eigenvalue weighted by Crippen LogP contribution is -2.36. The van der Waals surface area contributed by atoms with E-state index in [4.69, 9.17) is 18.9 Å². The summed E-state index contributed by atoms with van der Waals surface area (Å²) in [6, 6.07) is 13.1. The average molecular weight is 402 g/mol. The van der Waals surface area contributed by atoms with E-state index in [0.717, 1.165) is 22.8 Å². The Bertz CT molecular complexity index is 760. The Morgan fingerprint density at radius 2 is 1.59 bits per heavy atom. The molecule has 0 unspecified atom stereocenters. The normalized spacial score (nSPS) is 11.4. The highest BCUT2D eigenvalue weighted by Gasteiger charge is 2.11. The highest BCUT2D eigenvalue weighted by molar-refractivity contribution is 5.76. The van der Waals surface area contributed by atoms with Crippen molar-refractivity contribution in [1.29, 1.82) is 0 Å². The van der Waals surface area contributed by atoms with Crippen LogP contribution in [0.2, 0.25) is 0 Å². The van der Waals surface area contributed by atoms with Crippen molar-refractivity contribution in [2.24, 2.45) is 0 Å². The molecular formula is C23H31NO5. The minimum Gasteiger partial charge on any atom is -0.497 e. The van der Waals surface area contributed by atoms with Gasteiger partial charge in [0.1, 0.15) is 18.1 Å². The van der Waals surface area contributed by atoms with Gasteiger partial charge in [-0.3, -0.25) is 4.79 Å². The van der Waals surface area contributed by atoms with Gasteiger partial charge in [0.05, 0.1) is 26.4 Å². The molecule has 0 fully saturated rings. The van der Waals surface area contributed by atoms with Crippen molar-refractivity contribution in [2.75, 3.05) is 26.9 Å². The van der Waals surface area contributed by atoms with Crippen molar-refractivity contribution >= 4 is 5.91 Å². The van der Waals surface area contributed by atoms with E-state index in [2.05, 4.69) is 5.32 Å². The molecule has 1 amide bonds. The third-order valence-electron chi connectivity index (χ3n) is 4.22. The number of hydrogen-bond donors (Lipinski definition) is 1. The maximum atomic E-state index is 12.3. The van der Waals surface area contributed by atoms with Crippen LogP contribution < -0.4 is 24.3 Å². The van der Waals surface area contributed by atoms with E-state index in [1.807, 2.05) is 63.2 Å². The quantitative estimate of drug-likeness (QED) is 0.582. The molecule has 1 N–H and O–H groups in total. The van der Waals surface area contributed by atoms with E-state index >= 15 is 0 Å². The summed E-state index contributed by atoms with van der Waals surface area (Å²) in [7, 11) is 1.62. The second kappa shape index (κ2) is 11.8. The fourth-order valence-corrected chi connectivity index (χ4v) is 2.79. The Hall–Kier alpha value is -2.89. The van der Waals surface area contributed by atoms with Crippen LogP contribution in [0.4, 0.5) is 0 Å². The van der Waals surface area contributed by atoms with Gasteiger partial charge in [-0.1, -0.05) is 6.07 Å². The minimum atomic E-state index is -0.0936. The van der Waals surface area contributed by atoms with Gasteiger partial charge in [0.15, 0.2) is 11.5 Å². The minimum absolute atomic E-state index is 0.0114. The SMILES string of the molecule is CCOc1ccc(CCC(=O)N[C@H](C)COc2ccc(OC)cc2)cc1OCC. The highest BCUT2D eigenvalue weighted by atomic mass is 16.5. The second-order valence-corrected chi connectivity index (χ2v) is 6.60. The molecule has 0 heterocycles. The first-order chi connectivity index (χ1) is 14.0. The molecule has 0 aliphatic heterocycles. The molecular weight excluding hydrogens is 370 g/mol. The monoisotopic (exact) mass is 401 g/mol. The molecule has 6 nitrogen and oxygen atoms in total. The molecule has 0 spiro atoms. The maximum absolute atomic E-state index is 12.3. The van der Waals surface area contributed by atoms with E-state index in [1.165, 1.54) is 0 Å². The van der Waals surface area contributed by atoms with Crippen molar-refractivity contribution in [1.82, 2.24) is 5.32 Å². The molecule has 2 aromatic carbocycles. The lowest BCUT2D eigenvalue weighted by Gasteiger charge is -2.16. The molecule has 158 valence electrons. The number of rotatable bonds is 12. The second-order valence-electron chi connectivity index (χ2n) is 6.60. The van der Waals surface area contributed by atoms with Crippen LogP contribution in [0.1, 0.15) is 32.8 Å². The highest BCUT2D eigenvalue weighted by Crippen LogP contribution is 2.29. The van der Waals surface area contributed by atoms with Gasteiger partial charge >= 0.3 is 0 Å². The summed E-state index contributed by atoms with van der Waals surface area (Å²) in [5, 5.41) is 2.97. The van der Waals surface area contributed by atoms with Crippen LogP contribution >= 0.6 is 0 Å². The first-order valence-electron chi connectivity index (χ1n) is 10.00. The number of benzene rings is 2. The molecule has 2 aromatic rings. The molecule has 0 aromatic heterocycles. The van der Waals surface area contributed by atoms with Crippen LogP contribution in [0.15, 0.2) is 42.5 Å². The summed E-state index contributed by atoms with van der Waals surface area (Å²) in [5.74, 6) is 2.95. The largest absolute Gasteiger partial charge is 0.497 e. The summed E-state index contributed by atoms with van der Waals surface area (Å²) in [4.78, 5) is 12.3. The van der Waals surface area contributed by atoms with E-state index in [9.17, 15) is 4.79 Å². The average Bonchev–Trinajstić information content (AvgIpc) is 2.73. The number of hydrogen-bond acceptors (Lipinski definition) is 5. The van der Waals surface area contributed by atoms with Gasteiger partial charge in [-0.15, -0.1) is 0 Å². The zero-order valence-corrected chi connectivity index (χ0v) is 17.7. The van der Waals surface area contributed by atoms with Gasteiger partial charge in [-0.2, -0.15) is 0 Å². The molecule has 0 saturated carbocycles. The van der Waals surface area contributed by atoms with Gasteiger partial charge in [0.25, 0.3) is 0 Å². The lowest BCUT2D eigenvalue weighted by molar-refractivity contribution is -0.121. The first-order valence-corrected chi connectivity index (χ1v) is 10.00. The first kappa shape index (κ1) is 22.4. The summed E-state index contributed by atoms with van der Waals surface area (Å²) >= 11 is 0. The van der Waals surface area contributed by atoms with Gasteiger partial charge in [0.2, 0.25) is 5.91 Å². The fourth-order valence-electron chi connectivity index (χ4n) is 2.79. The summed E-state index contributed by atoms with van der Waals surface area (Å²) < 4.78 is 22.0. The summed E-state index contributed by atoms with van der Waals surface area (Å²) in [6.07, 6.45) is 1.02. The van der Waals surface area contributed by atoms with E-state index in [0.29, 0.717) is 38.4 Å². The predicted octanol–water partition coefficient (Wildman–Crippen LogP) is 4.01. The molecule has 0 saturated heterocycles. The number of aryl methyl sites for hydroxylation is 1. The number of amides is 1.